The van der Waals surface area contributed by atoms with Gasteiger partial charge in [0.1, 0.15) is 0 Å². The van der Waals surface area contributed by atoms with Gasteiger partial charge in [-0.05, 0) is 18.6 Å². The average Bonchev–Trinajstić information content (AvgIpc) is 2.30. The molecule has 0 bridgehead atoms. The van der Waals surface area contributed by atoms with Gasteiger partial charge in [0.25, 0.3) is 0 Å². The van der Waals surface area contributed by atoms with Crippen molar-refractivity contribution in [3.63, 3.8) is 0 Å². The number of aliphatic hydroxyl groups is 1. The fourth-order valence-corrected chi connectivity index (χ4v) is 3.13. The van der Waals surface area contributed by atoms with Crippen LogP contribution in [-0.4, -0.2) is 25.4 Å². The third-order valence-electron chi connectivity index (χ3n) is 2.66. The van der Waals surface area contributed by atoms with E-state index in [0.717, 1.165) is 19.3 Å². The second-order valence-electron chi connectivity index (χ2n) is 4.24. The van der Waals surface area contributed by atoms with Gasteiger partial charge in [-0.2, -0.15) is 0 Å². The van der Waals surface area contributed by atoms with E-state index in [9.17, 15) is 13.5 Å². The van der Waals surface area contributed by atoms with E-state index in [4.69, 9.17) is 0 Å². The second-order valence-corrected chi connectivity index (χ2v) is 6.28. The van der Waals surface area contributed by atoms with Crippen molar-refractivity contribution in [3.05, 3.63) is 30.3 Å². The number of sulfone groups is 1. The third-order valence-corrected chi connectivity index (χ3v) is 4.47. The van der Waals surface area contributed by atoms with E-state index in [1.807, 2.05) is 0 Å². The van der Waals surface area contributed by atoms with Crippen molar-refractivity contribution in [3.8, 4) is 0 Å². The maximum atomic E-state index is 11.9. The van der Waals surface area contributed by atoms with E-state index >= 15 is 0 Å². The minimum Gasteiger partial charge on any atom is -0.392 e. The molecule has 0 spiro atoms. The molecule has 1 aromatic carbocycles. The van der Waals surface area contributed by atoms with Crippen LogP contribution < -0.4 is 0 Å². The van der Waals surface area contributed by atoms with Gasteiger partial charge in [-0.25, -0.2) is 8.42 Å². The number of aliphatic hydroxyl groups excluding tert-OH is 1. The van der Waals surface area contributed by atoms with Crippen LogP contribution in [0.2, 0.25) is 0 Å². The molecule has 1 atom stereocenters. The van der Waals surface area contributed by atoms with Gasteiger partial charge in [-0.1, -0.05) is 44.4 Å². The molecule has 0 aliphatic heterocycles. The lowest BCUT2D eigenvalue weighted by Crippen LogP contribution is -2.20. The molecule has 0 saturated heterocycles. The van der Waals surface area contributed by atoms with Crippen molar-refractivity contribution in [1.82, 2.24) is 0 Å². The lowest BCUT2D eigenvalue weighted by atomic mass is 10.1. The molecule has 0 amide bonds. The summed E-state index contributed by atoms with van der Waals surface area (Å²) in [5.41, 5.74) is 0. The summed E-state index contributed by atoms with van der Waals surface area (Å²) in [6.07, 6.45) is 2.77. The van der Waals surface area contributed by atoms with Crippen LogP contribution in [0.1, 0.15) is 32.6 Å². The van der Waals surface area contributed by atoms with Crippen LogP contribution in [0.25, 0.3) is 0 Å². The molecule has 0 unspecified atom stereocenters. The first-order valence-corrected chi connectivity index (χ1v) is 7.67. The maximum Gasteiger partial charge on any atom is 0.180 e. The molecule has 0 fully saturated rings. The predicted molar refractivity (Wildman–Crippen MR) is 68.6 cm³/mol. The van der Waals surface area contributed by atoms with Gasteiger partial charge in [-0.15, -0.1) is 0 Å². The van der Waals surface area contributed by atoms with Gasteiger partial charge >= 0.3 is 0 Å². The summed E-state index contributed by atoms with van der Waals surface area (Å²) in [5, 5.41) is 9.69. The molecule has 0 aromatic heterocycles. The first-order chi connectivity index (χ1) is 8.06. The van der Waals surface area contributed by atoms with E-state index in [0.29, 0.717) is 6.42 Å². The van der Waals surface area contributed by atoms with Crippen LogP contribution in [0.3, 0.4) is 0 Å². The molecule has 0 heterocycles. The SMILES string of the molecule is CCCCC[C@@H](O)CS(=O)(=O)c1ccccc1. The molecule has 1 N–H and O–H groups in total. The zero-order valence-corrected chi connectivity index (χ0v) is 11.0. The first-order valence-electron chi connectivity index (χ1n) is 6.02. The number of benzene rings is 1. The van der Waals surface area contributed by atoms with Crippen LogP contribution in [-0.2, 0) is 9.84 Å². The summed E-state index contributed by atoms with van der Waals surface area (Å²) in [6, 6.07) is 8.28. The summed E-state index contributed by atoms with van der Waals surface area (Å²) < 4.78 is 23.8. The summed E-state index contributed by atoms with van der Waals surface area (Å²) in [5.74, 6) is -0.180. The monoisotopic (exact) mass is 256 g/mol. The van der Waals surface area contributed by atoms with Gasteiger partial charge < -0.3 is 5.11 Å². The fourth-order valence-electron chi connectivity index (χ4n) is 1.69. The van der Waals surface area contributed by atoms with Crippen molar-refractivity contribution in [2.75, 3.05) is 5.75 Å². The van der Waals surface area contributed by atoms with E-state index in [1.54, 1.807) is 30.3 Å². The third kappa shape index (κ3) is 4.88. The number of hydrogen-bond donors (Lipinski definition) is 1. The minimum atomic E-state index is -3.35. The minimum absolute atomic E-state index is 0.180. The molecule has 4 heteroatoms. The normalized spacial score (nSPS) is 13.5. The molecule has 0 saturated carbocycles. The lowest BCUT2D eigenvalue weighted by molar-refractivity contribution is 0.183. The van der Waals surface area contributed by atoms with Gasteiger partial charge in [0.2, 0.25) is 0 Å². The van der Waals surface area contributed by atoms with Crippen molar-refractivity contribution < 1.29 is 13.5 Å². The van der Waals surface area contributed by atoms with Gasteiger partial charge in [0.15, 0.2) is 9.84 Å². The maximum absolute atomic E-state index is 11.9. The van der Waals surface area contributed by atoms with Crippen molar-refractivity contribution in [2.45, 2.75) is 43.6 Å². The molecule has 3 nitrogen and oxygen atoms in total. The summed E-state index contributed by atoms with van der Waals surface area (Å²) >= 11 is 0. The quantitative estimate of drug-likeness (QED) is 0.762. The summed E-state index contributed by atoms with van der Waals surface area (Å²) in [4.78, 5) is 0.287. The van der Waals surface area contributed by atoms with Crippen molar-refractivity contribution in [2.24, 2.45) is 0 Å². The smallest absolute Gasteiger partial charge is 0.180 e. The molecule has 1 rings (SSSR count). The fraction of sp³-hybridized carbons (Fsp3) is 0.538. The Morgan fingerprint density at radius 3 is 2.41 bits per heavy atom. The zero-order chi connectivity index (χ0) is 12.7. The highest BCUT2D eigenvalue weighted by atomic mass is 32.2. The molecule has 0 radical (unpaired) electrons. The van der Waals surface area contributed by atoms with E-state index in [-0.39, 0.29) is 10.6 Å². The van der Waals surface area contributed by atoms with Crippen molar-refractivity contribution >= 4 is 9.84 Å². The Morgan fingerprint density at radius 2 is 1.82 bits per heavy atom. The average molecular weight is 256 g/mol. The summed E-state index contributed by atoms with van der Waals surface area (Å²) in [7, 11) is -3.35. The Morgan fingerprint density at radius 1 is 1.18 bits per heavy atom. The highest BCUT2D eigenvalue weighted by molar-refractivity contribution is 7.91. The Kier molecular flexibility index (Phi) is 5.65. The topological polar surface area (TPSA) is 54.4 Å². The predicted octanol–water partition coefficient (Wildman–Crippen LogP) is 2.40. The Labute approximate surface area is 103 Å². The highest BCUT2D eigenvalue weighted by Crippen LogP contribution is 2.13. The Hall–Kier alpha value is -0.870. The highest BCUT2D eigenvalue weighted by Gasteiger charge is 2.18. The molecular weight excluding hydrogens is 236 g/mol. The Balaban J connectivity index is 2.55. The molecule has 1 aromatic rings. The number of hydrogen-bond acceptors (Lipinski definition) is 3. The van der Waals surface area contributed by atoms with E-state index in [2.05, 4.69) is 6.92 Å². The molecular formula is C13H20O3S. The van der Waals surface area contributed by atoms with Crippen LogP contribution >= 0.6 is 0 Å². The summed E-state index contributed by atoms with van der Waals surface area (Å²) in [6.45, 7) is 2.08. The van der Waals surface area contributed by atoms with Crippen LogP contribution in [0, 0.1) is 0 Å². The molecule has 0 aliphatic rings. The van der Waals surface area contributed by atoms with Crippen LogP contribution in [0.4, 0.5) is 0 Å². The van der Waals surface area contributed by atoms with E-state index in [1.165, 1.54) is 0 Å². The number of rotatable bonds is 7. The molecule has 96 valence electrons. The van der Waals surface area contributed by atoms with Crippen LogP contribution in [0.5, 0.6) is 0 Å². The number of unbranched alkanes of at least 4 members (excludes halogenated alkanes) is 2. The molecule has 17 heavy (non-hydrogen) atoms. The zero-order valence-electron chi connectivity index (χ0n) is 10.2. The van der Waals surface area contributed by atoms with Crippen LogP contribution in [0.15, 0.2) is 35.2 Å². The Bertz CT molecular complexity index is 412. The van der Waals surface area contributed by atoms with Gasteiger partial charge in [-0.3, -0.25) is 0 Å². The van der Waals surface area contributed by atoms with Gasteiger partial charge in [0, 0.05) is 0 Å². The standard InChI is InChI=1S/C13H20O3S/c1-2-3-5-8-12(14)11-17(15,16)13-9-6-4-7-10-13/h4,6-7,9-10,12,14H,2-3,5,8,11H2,1H3/t12-/m1/s1. The second kappa shape index (κ2) is 6.77. The first kappa shape index (κ1) is 14.2. The largest absolute Gasteiger partial charge is 0.392 e. The van der Waals surface area contributed by atoms with Crippen molar-refractivity contribution in [1.29, 1.82) is 0 Å². The molecule has 0 aliphatic carbocycles. The van der Waals surface area contributed by atoms with E-state index < -0.39 is 15.9 Å². The lowest BCUT2D eigenvalue weighted by Gasteiger charge is -2.10. The van der Waals surface area contributed by atoms with Gasteiger partial charge in [0.05, 0.1) is 16.8 Å².